The maximum absolute atomic E-state index is 13.6. The van der Waals surface area contributed by atoms with Crippen molar-refractivity contribution in [3.05, 3.63) is 69.7 Å². The van der Waals surface area contributed by atoms with Crippen LogP contribution in [0.4, 0.5) is 0 Å². The van der Waals surface area contributed by atoms with E-state index in [0.717, 1.165) is 17.7 Å². The van der Waals surface area contributed by atoms with E-state index in [-0.39, 0.29) is 24.1 Å². The van der Waals surface area contributed by atoms with Crippen molar-refractivity contribution in [2.45, 2.75) is 13.0 Å². The van der Waals surface area contributed by atoms with Crippen LogP contribution in [0.1, 0.15) is 31.4 Å². The molecule has 172 valence electrons. The molecule has 0 saturated carbocycles. The number of methoxy groups -OCH3 is 2. The number of benzene rings is 2. The summed E-state index contributed by atoms with van der Waals surface area (Å²) in [6.07, 6.45) is 0.777. The molecular formula is C24H24N2O6S. The standard InChI is InChI=1S/C24H24N2O6S/c1-30-18-8-17(9-19(10-18)31-2)23(27)26(12-22-25-20(14-33-22)24(28)29)11-15-7-16-5-3-4-6-21(16)32-13-15/h3-6,8-10,14-15H,7,11-13H2,1-2H3,(H,28,29). The van der Waals surface area contributed by atoms with E-state index in [9.17, 15) is 14.7 Å². The van der Waals surface area contributed by atoms with Crippen LogP contribution < -0.4 is 14.2 Å². The molecule has 0 saturated heterocycles. The fraction of sp³-hybridized carbons (Fsp3) is 0.292. The van der Waals surface area contributed by atoms with Crippen LogP contribution in [0.5, 0.6) is 17.2 Å². The van der Waals surface area contributed by atoms with Gasteiger partial charge in [0.1, 0.15) is 22.3 Å². The zero-order chi connectivity index (χ0) is 23.4. The Labute approximate surface area is 195 Å². The third kappa shape index (κ3) is 5.25. The Bertz CT molecular complexity index is 1140. The number of carbonyl (C=O) groups is 2. The van der Waals surface area contributed by atoms with Gasteiger partial charge >= 0.3 is 5.97 Å². The van der Waals surface area contributed by atoms with Gasteiger partial charge in [0.05, 0.1) is 27.4 Å². The molecule has 1 aromatic heterocycles. The zero-order valence-corrected chi connectivity index (χ0v) is 19.1. The molecule has 0 radical (unpaired) electrons. The Morgan fingerprint density at radius 3 is 2.58 bits per heavy atom. The second kappa shape index (κ2) is 9.91. The summed E-state index contributed by atoms with van der Waals surface area (Å²) in [5.74, 6) is 0.652. The average molecular weight is 469 g/mol. The Kier molecular flexibility index (Phi) is 6.79. The highest BCUT2D eigenvalue weighted by atomic mass is 32.1. The third-order valence-corrected chi connectivity index (χ3v) is 6.25. The molecule has 4 rings (SSSR count). The summed E-state index contributed by atoms with van der Waals surface area (Å²) >= 11 is 1.22. The first-order valence-electron chi connectivity index (χ1n) is 10.4. The van der Waals surface area contributed by atoms with E-state index >= 15 is 0 Å². The number of carboxylic acids is 1. The molecule has 1 N–H and O–H groups in total. The molecule has 9 heteroatoms. The van der Waals surface area contributed by atoms with Crippen LogP contribution in [0.3, 0.4) is 0 Å². The number of para-hydroxylation sites is 1. The number of aromatic nitrogens is 1. The minimum absolute atomic E-state index is 0.0274. The van der Waals surface area contributed by atoms with Gasteiger partial charge in [0.15, 0.2) is 5.69 Å². The number of hydrogen-bond acceptors (Lipinski definition) is 7. The number of carboxylic acid groups (broad SMARTS) is 1. The van der Waals surface area contributed by atoms with Gasteiger partial charge in [0.2, 0.25) is 0 Å². The fourth-order valence-electron chi connectivity index (χ4n) is 3.80. The quantitative estimate of drug-likeness (QED) is 0.538. The van der Waals surface area contributed by atoms with Crippen molar-refractivity contribution in [3.8, 4) is 17.2 Å². The normalized spacial score (nSPS) is 14.7. The van der Waals surface area contributed by atoms with Gasteiger partial charge < -0.3 is 24.2 Å². The van der Waals surface area contributed by atoms with Gasteiger partial charge in [0, 0.05) is 29.5 Å². The second-order valence-corrected chi connectivity index (χ2v) is 8.65. The molecule has 33 heavy (non-hydrogen) atoms. The third-order valence-electron chi connectivity index (χ3n) is 5.42. The molecule has 0 aliphatic carbocycles. The lowest BCUT2D eigenvalue weighted by atomic mass is 9.96. The van der Waals surface area contributed by atoms with Crippen molar-refractivity contribution in [2.24, 2.45) is 5.92 Å². The Balaban J connectivity index is 1.61. The number of aromatic carboxylic acids is 1. The molecule has 1 aliphatic heterocycles. The summed E-state index contributed by atoms with van der Waals surface area (Å²) < 4.78 is 16.5. The van der Waals surface area contributed by atoms with Crippen molar-refractivity contribution in [3.63, 3.8) is 0 Å². The summed E-state index contributed by atoms with van der Waals surface area (Å²) in [6, 6.07) is 12.9. The lowest BCUT2D eigenvalue weighted by molar-refractivity contribution is 0.0681. The monoisotopic (exact) mass is 468 g/mol. The van der Waals surface area contributed by atoms with E-state index in [2.05, 4.69) is 4.98 Å². The van der Waals surface area contributed by atoms with Gasteiger partial charge in [-0.15, -0.1) is 11.3 Å². The van der Waals surface area contributed by atoms with Gasteiger partial charge in [-0.1, -0.05) is 18.2 Å². The molecule has 2 aromatic carbocycles. The van der Waals surface area contributed by atoms with E-state index in [4.69, 9.17) is 14.2 Å². The van der Waals surface area contributed by atoms with Crippen molar-refractivity contribution in [2.75, 3.05) is 27.4 Å². The molecule has 8 nitrogen and oxygen atoms in total. The second-order valence-electron chi connectivity index (χ2n) is 7.71. The van der Waals surface area contributed by atoms with E-state index in [0.29, 0.717) is 35.2 Å². The highest BCUT2D eigenvalue weighted by Crippen LogP contribution is 2.29. The first-order chi connectivity index (χ1) is 16.0. The highest BCUT2D eigenvalue weighted by molar-refractivity contribution is 7.09. The van der Waals surface area contributed by atoms with Crippen LogP contribution in [-0.2, 0) is 13.0 Å². The number of rotatable bonds is 8. The van der Waals surface area contributed by atoms with Crippen molar-refractivity contribution in [1.82, 2.24) is 9.88 Å². The molecule has 1 unspecified atom stereocenters. The summed E-state index contributed by atoms with van der Waals surface area (Å²) in [5.41, 5.74) is 1.49. The number of amides is 1. The molecule has 1 atom stereocenters. The molecular weight excluding hydrogens is 444 g/mol. The lowest BCUT2D eigenvalue weighted by Gasteiger charge is -2.30. The van der Waals surface area contributed by atoms with Crippen molar-refractivity contribution < 1.29 is 28.9 Å². The van der Waals surface area contributed by atoms with E-state index in [1.807, 2.05) is 24.3 Å². The van der Waals surface area contributed by atoms with Crippen LogP contribution in [-0.4, -0.2) is 54.2 Å². The van der Waals surface area contributed by atoms with Crippen LogP contribution in [0.15, 0.2) is 47.8 Å². The van der Waals surface area contributed by atoms with E-state index in [1.54, 1.807) is 23.1 Å². The van der Waals surface area contributed by atoms with E-state index < -0.39 is 5.97 Å². The minimum Gasteiger partial charge on any atom is -0.497 e. The van der Waals surface area contributed by atoms with Crippen LogP contribution in [0.25, 0.3) is 0 Å². The Morgan fingerprint density at radius 2 is 1.91 bits per heavy atom. The van der Waals surface area contributed by atoms with Gasteiger partial charge in [0.25, 0.3) is 5.91 Å². The number of nitrogens with zero attached hydrogens (tertiary/aromatic N) is 2. The van der Waals surface area contributed by atoms with Gasteiger partial charge in [-0.2, -0.15) is 0 Å². The summed E-state index contributed by atoms with van der Waals surface area (Å²) in [6.45, 7) is 1.10. The van der Waals surface area contributed by atoms with Crippen LogP contribution in [0.2, 0.25) is 0 Å². The number of thiazole rings is 1. The van der Waals surface area contributed by atoms with Gasteiger partial charge in [-0.25, -0.2) is 9.78 Å². The molecule has 2 heterocycles. The minimum atomic E-state index is -1.09. The Hall–Kier alpha value is -3.59. The SMILES string of the molecule is COc1cc(OC)cc(C(=O)N(Cc2nc(C(=O)O)cs2)CC2COc3ccccc3C2)c1. The average Bonchev–Trinajstić information content (AvgIpc) is 3.31. The number of ether oxygens (including phenoxy) is 3. The first kappa shape index (κ1) is 22.6. The molecule has 0 bridgehead atoms. The smallest absolute Gasteiger partial charge is 0.355 e. The lowest BCUT2D eigenvalue weighted by Crippen LogP contribution is -2.38. The summed E-state index contributed by atoms with van der Waals surface area (Å²) in [5, 5.41) is 11.2. The topological polar surface area (TPSA) is 98.2 Å². The van der Waals surface area contributed by atoms with Gasteiger partial charge in [-0.05, 0) is 30.2 Å². The number of fused-ring (bicyclic) bond motifs is 1. The molecule has 1 amide bonds. The molecule has 0 spiro atoms. The van der Waals surface area contributed by atoms with Crippen molar-refractivity contribution >= 4 is 23.2 Å². The maximum atomic E-state index is 13.6. The fourth-order valence-corrected chi connectivity index (χ4v) is 4.58. The summed E-state index contributed by atoms with van der Waals surface area (Å²) in [7, 11) is 3.06. The molecule has 1 aliphatic rings. The molecule has 0 fully saturated rings. The highest BCUT2D eigenvalue weighted by Gasteiger charge is 2.27. The predicted octanol–water partition coefficient (Wildman–Crippen LogP) is 3.75. The van der Waals surface area contributed by atoms with Crippen LogP contribution in [0, 0.1) is 5.92 Å². The number of carbonyl (C=O) groups excluding carboxylic acids is 1. The van der Waals surface area contributed by atoms with E-state index in [1.165, 1.54) is 30.9 Å². The maximum Gasteiger partial charge on any atom is 0.355 e. The molecule has 3 aromatic rings. The first-order valence-corrected chi connectivity index (χ1v) is 11.3. The number of hydrogen-bond donors (Lipinski definition) is 1. The predicted molar refractivity (Wildman–Crippen MR) is 122 cm³/mol. The van der Waals surface area contributed by atoms with Crippen LogP contribution >= 0.6 is 11.3 Å². The van der Waals surface area contributed by atoms with Gasteiger partial charge in [-0.3, -0.25) is 4.79 Å². The summed E-state index contributed by atoms with van der Waals surface area (Å²) in [4.78, 5) is 30.7. The van der Waals surface area contributed by atoms with Crippen molar-refractivity contribution in [1.29, 1.82) is 0 Å². The zero-order valence-electron chi connectivity index (χ0n) is 18.3. The largest absolute Gasteiger partial charge is 0.497 e. The Morgan fingerprint density at radius 1 is 1.18 bits per heavy atom.